The number of aromatic nitrogens is 2. The van der Waals surface area contributed by atoms with Crippen LogP contribution in [0.4, 0.5) is 5.95 Å². The molecule has 0 spiro atoms. The predicted molar refractivity (Wildman–Crippen MR) is 65.8 cm³/mol. The molecule has 6 heteroatoms. The van der Waals surface area contributed by atoms with E-state index in [9.17, 15) is 4.79 Å². The molecule has 98 valence electrons. The van der Waals surface area contributed by atoms with Crippen LogP contribution >= 0.6 is 0 Å². The largest absolute Gasteiger partial charge is 0.478 e. The number of piperidine rings is 1. The topological polar surface area (TPSA) is 86.5 Å². The summed E-state index contributed by atoms with van der Waals surface area (Å²) in [6, 6.07) is 0. The van der Waals surface area contributed by atoms with Gasteiger partial charge in [0.25, 0.3) is 0 Å². The number of carbonyl (C=O) groups is 1. The van der Waals surface area contributed by atoms with Crippen LogP contribution < -0.4 is 4.90 Å². The van der Waals surface area contributed by atoms with Gasteiger partial charge in [-0.05, 0) is 25.7 Å². The summed E-state index contributed by atoms with van der Waals surface area (Å²) >= 11 is 0. The van der Waals surface area contributed by atoms with Gasteiger partial charge in [0.1, 0.15) is 0 Å². The van der Waals surface area contributed by atoms with Gasteiger partial charge in [-0.25, -0.2) is 14.8 Å². The van der Waals surface area contributed by atoms with Crippen LogP contribution in [-0.2, 0) is 0 Å². The lowest BCUT2D eigenvalue weighted by atomic mass is 9.98. The van der Waals surface area contributed by atoms with Crippen molar-refractivity contribution in [1.29, 1.82) is 0 Å². The summed E-state index contributed by atoms with van der Waals surface area (Å²) < 4.78 is 0. The molecule has 0 amide bonds. The highest BCUT2D eigenvalue weighted by atomic mass is 16.4. The molecule has 0 aromatic carbocycles. The Balaban J connectivity index is 2.11. The molecule has 1 aromatic rings. The highest BCUT2D eigenvalue weighted by Crippen LogP contribution is 2.20. The Hall–Kier alpha value is -1.69. The zero-order valence-electron chi connectivity index (χ0n) is 10.3. The number of aliphatic hydroxyl groups is 1. The maximum atomic E-state index is 10.9. The fourth-order valence-corrected chi connectivity index (χ4v) is 2.13. The summed E-state index contributed by atoms with van der Waals surface area (Å²) in [7, 11) is 0. The molecule has 2 rings (SSSR count). The molecule has 0 saturated carbocycles. The minimum absolute atomic E-state index is 0.143. The van der Waals surface area contributed by atoms with Gasteiger partial charge in [-0.15, -0.1) is 0 Å². The number of carboxylic acids is 1. The first kappa shape index (κ1) is 12.8. The molecule has 0 unspecified atom stereocenters. The second-order valence-corrected chi connectivity index (χ2v) is 4.59. The quantitative estimate of drug-likeness (QED) is 0.822. The highest BCUT2D eigenvalue weighted by Gasteiger charge is 2.21. The second kappa shape index (κ2) is 5.30. The lowest BCUT2D eigenvalue weighted by molar-refractivity contribution is 0.0695. The van der Waals surface area contributed by atoms with Crippen molar-refractivity contribution >= 4 is 11.9 Å². The third-order valence-electron chi connectivity index (χ3n) is 3.35. The Bertz CT molecular complexity index is 442. The molecule has 1 fully saturated rings. The molecule has 1 aromatic heterocycles. The zero-order chi connectivity index (χ0) is 13.1. The number of rotatable bonds is 3. The fraction of sp³-hybridized carbons (Fsp3) is 0.583. The number of nitrogens with zero attached hydrogens (tertiary/aromatic N) is 3. The van der Waals surface area contributed by atoms with E-state index in [-0.39, 0.29) is 12.2 Å². The maximum Gasteiger partial charge on any atom is 0.339 e. The Morgan fingerprint density at radius 3 is 2.67 bits per heavy atom. The van der Waals surface area contributed by atoms with E-state index < -0.39 is 5.97 Å². The van der Waals surface area contributed by atoms with Gasteiger partial charge in [0, 0.05) is 25.9 Å². The molecule has 0 aliphatic carbocycles. The molecule has 1 aliphatic rings. The summed E-state index contributed by atoms with van der Waals surface area (Å²) in [6.45, 7) is 3.51. The van der Waals surface area contributed by atoms with Crippen LogP contribution in [0.5, 0.6) is 0 Å². The average Bonchev–Trinajstić information content (AvgIpc) is 2.38. The van der Waals surface area contributed by atoms with Crippen LogP contribution in [0.25, 0.3) is 0 Å². The summed E-state index contributed by atoms with van der Waals surface area (Å²) in [5.74, 6) is -0.0624. The van der Waals surface area contributed by atoms with Gasteiger partial charge in [0.2, 0.25) is 5.95 Å². The zero-order valence-corrected chi connectivity index (χ0v) is 10.3. The molecule has 0 bridgehead atoms. The van der Waals surface area contributed by atoms with Gasteiger partial charge in [0.05, 0.1) is 11.3 Å². The smallest absolute Gasteiger partial charge is 0.339 e. The summed E-state index contributed by atoms with van der Waals surface area (Å²) in [5, 5.41) is 18.0. The van der Waals surface area contributed by atoms with E-state index in [1.807, 2.05) is 4.90 Å². The van der Waals surface area contributed by atoms with Crippen molar-refractivity contribution in [2.45, 2.75) is 19.8 Å². The lowest BCUT2D eigenvalue weighted by Gasteiger charge is -2.31. The first-order valence-electron chi connectivity index (χ1n) is 6.04. The second-order valence-electron chi connectivity index (χ2n) is 4.59. The monoisotopic (exact) mass is 251 g/mol. The molecule has 1 saturated heterocycles. The SMILES string of the molecule is Cc1nc(N2CCC(CO)CC2)ncc1C(=O)O. The Morgan fingerprint density at radius 1 is 1.50 bits per heavy atom. The molecule has 6 nitrogen and oxygen atoms in total. The lowest BCUT2D eigenvalue weighted by Crippen LogP contribution is -2.36. The van der Waals surface area contributed by atoms with Crippen molar-refractivity contribution in [2.75, 3.05) is 24.6 Å². The number of hydrogen-bond acceptors (Lipinski definition) is 5. The van der Waals surface area contributed by atoms with Crippen molar-refractivity contribution in [3.8, 4) is 0 Å². The van der Waals surface area contributed by atoms with Crippen LogP contribution in [0.1, 0.15) is 28.9 Å². The summed E-state index contributed by atoms with van der Waals surface area (Å²) in [6.07, 6.45) is 3.19. The van der Waals surface area contributed by atoms with E-state index in [4.69, 9.17) is 10.2 Å². The molecular weight excluding hydrogens is 234 g/mol. The van der Waals surface area contributed by atoms with Crippen LogP contribution in [0.15, 0.2) is 6.20 Å². The fourth-order valence-electron chi connectivity index (χ4n) is 2.13. The van der Waals surface area contributed by atoms with E-state index in [2.05, 4.69) is 9.97 Å². The molecule has 2 N–H and O–H groups in total. The van der Waals surface area contributed by atoms with Crippen molar-refractivity contribution in [2.24, 2.45) is 5.92 Å². The number of aryl methyl sites for hydroxylation is 1. The van der Waals surface area contributed by atoms with Crippen molar-refractivity contribution in [3.05, 3.63) is 17.5 Å². The van der Waals surface area contributed by atoms with Crippen molar-refractivity contribution < 1.29 is 15.0 Å². The van der Waals surface area contributed by atoms with Gasteiger partial charge in [-0.1, -0.05) is 0 Å². The van der Waals surface area contributed by atoms with Gasteiger partial charge in [0.15, 0.2) is 0 Å². The van der Waals surface area contributed by atoms with E-state index >= 15 is 0 Å². The van der Waals surface area contributed by atoms with E-state index in [0.29, 0.717) is 17.6 Å². The standard InChI is InChI=1S/C12H17N3O3/c1-8-10(11(17)18)6-13-12(14-8)15-4-2-9(7-16)3-5-15/h6,9,16H,2-5,7H2,1H3,(H,17,18). The number of hydrogen-bond donors (Lipinski definition) is 2. The molecule has 0 atom stereocenters. The van der Waals surface area contributed by atoms with Gasteiger partial charge >= 0.3 is 5.97 Å². The van der Waals surface area contributed by atoms with E-state index in [0.717, 1.165) is 25.9 Å². The third kappa shape index (κ3) is 2.59. The average molecular weight is 251 g/mol. The summed E-state index contributed by atoms with van der Waals surface area (Å²) in [5.41, 5.74) is 0.626. The van der Waals surface area contributed by atoms with E-state index in [1.54, 1.807) is 6.92 Å². The molecular formula is C12H17N3O3. The Labute approximate surface area is 105 Å². The third-order valence-corrected chi connectivity index (χ3v) is 3.35. The Morgan fingerprint density at radius 2 is 2.17 bits per heavy atom. The Kier molecular flexibility index (Phi) is 3.76. The minimum atomic E-state index is -1.00. The highest BCUT2D eigenvalue weighted by molar-refractivity contribution is 5.88. The van der Waals surface area contributed by atoms with Crippen LogP contribution in [0.3, 0.4) is 0 Å². The van der Waals surface area contributed by atoms with Gasteiger partial charge < -0.3 is 15.1 Å². The van der Waals surface area contributed by atoms with Crippen LogP contribution in [0.2, 0.25) is 0 Å². The van der Waals surface area contributed by atoms with Gasteiger partial charge in [-0.2, -0.15) is 0 Å². The molecule has 0 radical (unpaired) electrons. The maximum absolute atomic E-state index is 10.9. The van der Waals surface area contributed by atoms with Crippen LogP contribution in [-0.4, -0.2) is 45.8 Å². The van der Waals surface area contributed by atoms with Crippen molar-refractivity contribution in [3.63, 3.8) is 0 Å². The molecule has 1 aliphatic heterocycles. The summed E-state index contributed by atoms with van der Waals surface area (Å²) in [4.78, 5) is 21.2. The first-order chi connectivity index (χ1) is 8.61. The molecule has 18 heavy (non-hydrogen) atoms. The normalized spacial score (nSPS) is 16.9. The number of aliphatic hydroxyl groups excluding tert-OH is 1. The predicted octanol–water partition coefficient (Wildman–Crippen LogP) is 0.692. The van der Waals surface area contributed by atoms with Gasteiger partial charge in [-0.3, -0.25) is 0 Å². The number of anilines is 1. The van der Waals surface area contributed by atoms with E-state index in [1.165, 1.54) is 6.20 Å². The molecule has 2 heterocycles. The first-order valence-corrected chi connectivity index (χ1v) is 6.04. The number of carboxylic acid groups (broad SMARTS) is 1. The minimum Gasteiger partial charge on any atom is -0.478 e. The van der Waals surface area contributed by atoms with Crippen molar-refractivity contribution in [1.82, 2.24) is 9.97 Å². The number of aromatic carboxylic acids is 1. The van der Waals surface area contributed by atoms with Crippen LogP contribution in [0, 0.1) is 12.8 Å².